The Morgan fingerprint density at radius 3 is 2.47 bits per heavy atom. The lowest BCUT2D eigenvalue weighted by Crippen LogP contribution is -2.13. The van der Waals surface area contributed by atoms with Gasteiger partial charge < -0.3 is 14.5 Å². The number of hydrogen-bond acceptors (Lipinski definition) is 8. The van der Waals surface area contributed by atoms with Crippen molar-refractivity contribution in [2.45, 2.75) is 25.0 Å². The highest BCUT2D eigenvalue weighted by atomic mass is 32.2. The molecular weight excluding hydrogens is 450 g/mol. The third-order valence-corrected chi connectivity index (χ3v) is 7.62. The largest absolute Gasteiger partial charge is 0.457 e. The maximum Gasteiger partial charge on any atom is 0.277 e. The van der Waals surface area contributed by atoms with E-state index in [2.05, 4.69) is 15.5 Å². The monoisotopic (exact) mass is 473 g/mol. The van der Waals surface area contributed by atoms with E-state index in [9.17, 15) is 13.2 Å². The van der Waals surface area contributed by atoms with E-state index in [1.54, 1.807) is 24.3 Å². The second-order valence-electron chi connectivity index (χ2n) is 7.71. The highest BCUT2D eigenvalue weighted by molar-refractivity contribution is 7.99. The standard InChI is InChI=1S/C22H23N3O5S2/c1-15-2-6-18(7-3-15)29-19-8-4-17(5-9-19)23-20(26)13-31-22-25-24-21(30-22)12-16-10-11-32(27,28)14-16/h2-9,16H,10-14H2,1H3,(H,23,26)/t16-/m1/s1. The number of anilines is 1. The molecule has 32 heavy (non-hydrogen) atoms. The van der Waals surface area contributed by atoms with Gasteiger partial charge in [0.1, 0.15) is 11.5 Å². The molecule has 2 heterocycles. The van der Waals surface area contributed by atoms with Gasteiger partial charge in [0.05, 0.1) is 17.3 Å². The molecule has 1 N–H and O–H groups in total. The smallest absolute Gasteiger partial charge is 0.277 e. The third kappa shape index (κ3) is 6.33. The van der Waals surface area contributed by atoms with E-state index in [-0.39, 0.29) is 34.3 Å². The first-order valence-corrected chi connectivity index (χ1v) is 13.0. The Morgan fingerprint density at radius 2 is 1.81 bits per heavy atom. The average Bonchev–Trinajstić information content (AvgIpc) is 3.35. The Kier molecular flexibility index (Phi) is 6.80. The first kappa shape index (κ1) is 22.3. The van der Waals surface area contributed by atoms with E-state index in [4.69, 9.17) is 9.15 Å². The Labute approximate surface area is 190 Å². The van der Waals surface area contributed by atoms with Crippen LogP contribution in [0.1, 0.15) is 17.9 Å². The summed E-state index contributed by atoms with van der Waals surface area (Å²) in [4.78, 5) is 12.2. The Bertz CT molecular complexity index is 1180. The van der Waals surface area contributed by atoms with Crippen molar-refractivity contribution in [2.24, 2.45) is 5.92 Å². The second-order valence-corrected chi connectivity index (χ2v) is 10.9. The molecule has 0 bridgehead atoms. The minimum absolute atomic E-state index is 0.0135. The van der Waals surface area contributed by atoms with Crippen LogP contribution in [-0.4, -0.2) is 41.8 Å². The zero-order valence-electron chi connectivity index (χ0n) is 17.5. The number of aryl methyl sites for hydroxylation is 1. The molecule has 1 amide bonds. The molecule has 0 spiro atoms. The van der Waals surface area contributed by atoms with Gasteiger partial charge in [0.15, 0.2) is 9.84 Å². The van der Waals surface area contributed by atoms with Crippen LogP contribution in [0.2, 0.25) is 0 Å². The van der Waals surface area contributed by atoms with Crippen LogP contribution in [0.4, 0.5) is 5.69 Å². The number of aromatic nitrogens is 2. The van der Waals surface area contributed by atoms with Crippen LogP contribution in [0.3, 0.4) is 0 Å². The van der Waals surface area contributed by atoms with Crippen molar-refractivity contribution >= 4 is 33.2 Å². The number of carbonyl (C=O) groups excluding carboxylic acids is 1. The van der Waals surface area contributed by atoms with Gasteiger partial charge in [-0.05, 0) is 55.7 Å². The minimum Gasteiger partial charge on any atom is -0.457 e. The van der Waals surface area contributed by atoms with Crippen LogP contribution < -0.4 is 10.1 Å². The zero-order chi connectivity index (χ0) is 22.6. The normalized spacial score (nSPS) is 17.2. The number of nitrogens with zero attached hydrogens (tertiary/aromatic N) is 2. The summed E-state index contributed by atoms with van der Waals surface area (Å²) in [6, 6.07) is 14.9. The van der Waals surface area contributed by atoms with Crippen LogP contribution in [0.25, 0.3) is 0 Å². The highest BCUT2D eigenvalue weighted by Gasteiger charge is 2.29. The van der Waals surface area contributed by atoms with Crippen LogP contribution in [-0.2, 0) is 21.1 Å². The van der Waals surface area contributed by atoms with Gasteiger partial charge in [-0.15, -0.1) is 10.2 Å². The number of sulfone groups is 1. The Morgan fingerprint density at radius 1 is 1.12 bits per heavy atom. The number of nitrogens with one attached hydrogen (secondary N) is 1. The van der Waals surface area contributed by atoms with Gasteiger partial charge >= 0.3 is 0 Å². The van der Waals surface area contributed by atoms with Crippen molar-refractivity contribution in [3.8, 4) is 11.5 Å². The van der Waals surface area contributed by atoms with E-state index in [1.807, 2.05) is 31.2 Å². The summed E-state index contributed by atoms with van der Waals surface area (Å²) in [5, 5.41) is 11.0. The number of amides is 1. The van der Waals surface area contributed by atoms with Crippen LogP contribution in [0.5, 0.6) is 11.5 Å². The van der Waals surface area contributed by atoms with Crippen molar-refractivity contribution in [1.82, 2.24) is 10.2 Å². The molecule has 1 atom stereocenters. The molecule has 2 aromatic carbocycles. The summed E-state index contributed by atoms with van der Waals surface area (Å²) in [6.45, 7) is 2.02. The number of hydrogen-bond donors (Lipinski definition) is 1. The zero-order valence-corrected chi connectivity index (χ0v) is 19.1. The molecular formula is C22H23N3O5S2. The van der Waals surface area contributed by atoms with Crippen LogP contribution in [0.15, 0.2) is 58.2 Å². The first-order chi connectivity index (χ1) is 15.3. The number of ether oxygens (including phenoxy) is 1. The Balaban J connectivity index is 1.23. The lowest BCUT2D eigenvalue weighted by atomic mass is 10.1. The maximum atomic E-state index is 12.2. The average molecular weight is 474 g/mol. The predicted molar refractivity (Wildman–Crippen MR) is 122 cm³/mol. The molecule has 1 aliphatic rings. The van der Waals surface area contributed by atoms with Gasteiger partial charge in [-0.25, -0.2) is 8.42 Å². The lowest BCUT2D eigenvalue weighted by Gasteiger charge is -2.08. The number of carbonyl (C=O) groups is 1. The molecule has 0 aliphatic carbocycles. The molecule has 168 valence electrons. The van der Waals surface area contributed by atoms with Crippen molar-refractivity contribution in [1.29, 1.82) is 0 Å². The van der Waals surface area contributed by atoms with Gasteiger partial charge in [0, 0.05) is 12.1 Å². The second kappa shape index (κ2) is 9.74. The van der Waals surface area contributed by atoms with Gasteiger partial charge in [-0.2, -0.15) is 0 Å². The fourth-order valence-corrected chi connectivity index (χ4v) is 5.77. The van der Waals surface area contributed by atoms with Crippen molar-refractivity contribution in [2.75, 3.05) is 22.6 Å². The maximum absolute atomic E-state index is 12.2. The van der Waals surface area contributed by atoms with Crippen molar-refractivity contribution in [3.63, 3.8) is 0 Å². The highest BCUT2D eigenvalue weighted by Crippen LogP contribution is 2.25. The molecule has 0 saturated carbocycles. The summed E-state index contributed by atoms with van der Waals surface area (Å²) in [5.74, 6) is 2.12. The quantitative estimate of drug-likeness (QED) is 0.491. The van der Waals surface area contributed by atoms with Gasteiger partial charge in [-0.3, -0.25) is 4.79 Å². The number of thioether (sulfide) groups is 1. The molecule has 0 unspecified atom stereocenters. The molecule has 8 nitrogen and oxygen atoms in total. The van der Waals surface area contributed by atoms with E-state index in [0.29, 0.717) is 30.2 Å². The number of rotatable bonds is 8. The summed E-state index contributed by atoms with van der Waals surface area (Å²) in [5.41, 5.74) is 1.81. The molecule has 4 rings (SSSR count). The summed E-state index contributed by atoms with van der Waals surface area (Å²) in [6.07, 6.45) is 1.06. The summed E-state index contributed by atoms with van der Waals surface area (Å²) < 4.78 is 34.4. The molecule has 1 aromatic heterocycles. The lowest BCUT2D eigenvalue weighted by molar-refractivity contribution is -0.113. The van der Waals surface area contributed by atoms with E-state index < -0.39 is 9.84 Å². The molecule has 1 fully saturated rings. The van der Waals surface area contributed by atoms with E-state index in [1.165, 1.54) is 0 Å². The van der Waals surface area contributed by atoms with Crippen molar-refractivity contribution < 1.29 is 22.4 Å². The van der Waals surface area contributed by atoms with Gasteiger partial charge in [-0.1, -0.05) is 29.5 Å². The third-order valence-electron chi connectivity index (χ3n) is 4.96. The Hall–Kier alpha value is -2.85. The van der Waals surface area contributed by atoms with Gasteiger partial charge in [0.2, 0.25) is 11.8 Å². The molecule has 1 aliphatic heterocycles. The minimum atomic E-state index is -2.94. The molecule has 10 heteroatoms. The SMILES string of the molecule is Cc1ccc(Oc2ccc(NC(=O)CSc3nnc(C[C@H]4CCS(=O)(=O)C4)o3)cc2)cc1. The first-order valence-electron chi connectivity index (χ1n) is 10.1. The fourth-order valence-electron chi connectivity index (χ4n) is 3.33. The number of benzene rings is 2. The summed E-state index contributed by atoms with van der Waals surface area (Å²) in [7, 11) is -2.94. The molecule has 0 radical (unpaired) electrons. The fraction of sp³-hybridized carbons (Fsp3) is 0.318. The van der Waals surface area contributed by atoms with E-state index >= 15 is 0 Å². The molecule has 3 aromatic rings. The van der Waals surface area contributed by atoms with Crippen molar-refractivity contribution in [3.05, 3.63) is 60.0 Å². The topological polar surface area (TPSA) is 111 Å². The van der Waals surface area contributed by atoms with Crippen LogP contribution >= 0.6 is 11.8 Å². The predicted octanol–water partition coefficient (Wildman–Crippen LogP) is 3.88. The van der Waals surface area contributed by atoms with Crippen LogP contribution in [0, 0.1) is 12.8 Å². The van der Waals surface area contributed by atoms with E-state index in [0.717, 1.165) is 23.1 Å². The van der Waals surface area contributed by atoms with Gasteiger partial charge in [0.25, 0.3) is 5.22 Å². The molecule has 1 saturated heterocycles. The summed E-state index contributed by atoms with van der Waals surface area (Å²) >= 11 is 1.14.